The van der Waals surface area contributed by atoms with Crippen molar-refractivity contribution in [3.05, 3.63) is 64.2 Å². The molecule has 4 heteroatoms. The molecule has 0 bridgehead atoms. The van der Waals surface area contributed by atoms with Gasteiger partial charge in [0.2, 0.25) is 0 Å². The first-order chi connectivity index (χ1) is 11.0. The van der Waals surface area contributed by atoms with E-state index in [1.165, 1.54) is 0 Å². The van der Waals surface area contributed by atoms with E-state index < -0.39 is 0 Å². The molecule has 2 aromatic rings. The number of halogens is 1. The summed E-state index contributed by atoms with van der Waals surface area (Å²) in [6, 6.07) is 13.5. The fourth-order valence-electron chi connectivity index (χ4n) is 2.29. The van der Waals surface area contributed by atoms with Crippen LogP contribution in [-0.2, 0) is 11.3 Å². The number of hydrogen-bond acceptors (Lipinski definition) is 2. The summed E-state index contributed by atoms with van der Waals surface area (Å²) in [5, 5.41) is 3.50. The zero-order valence-corrected chi connectivity index (χ0v) is 14.5. The average Bonchev–Trinajstić information content (AvgIpc) is 2.50. The Hall–Kier alpha value is -2.00. The lowest BCUT2D eigenvalue weighted by atomic mass is 10.0. The van der Waals surface area contributed by atoms with Crippen molar-refractivity contribution in [2.45, 2.75) is 33.2 Å². The minimum Gasteiger partial charge on any atom is -0.483 e. The Kier molecular flexibility index (Phi) is 6.05. The van der Waals surface area contributed by atoms with Crippen LogP contribution in [0.5, 0.6) is 5.75 Å². The Morgan fingerprint density at radius 2 is 2.00 bits per heavy atom. The Labute approximate surface area is 142 Å². The monoisotopic (exact) mass is 331 g/mol. The number of hydrogen-bond donors (Lipinski definition) is 1. The number of carbonyl (C=O) groups excluding carboxylic acids is 1. The van der Waals surface area contributed by atoms with E-state index in [0.29, 0.717) is 17.5 Å². The van der Waals surface area contributed by atoms with Crippen molar-refractivity contribution in [1.82, 2.24) is 5.32 Å². The number of amides is 1. The maximum atomic E-state index is 12.0. The minimum atomic E-state index is -0.152. The van der Waals surface area contributed by atoms with Crippen molar-refractivity contribution in [2.24, 2.45) is 0 Å². The van der Waals surface area contributed by atoms with Gasteiger partial charge in [-0.3, -0.25) is 4.79 Å². The van der Waals surface area contributed by atoms with Gasteiger partial charge >= 0.3 is 0 Å². The van der Waals surface area contributed by atoms with Gasteiger partial charge in [-0.25, -0.2) is 0 Å². The molecule has 0 fully saturated rings. The lowest BCUT2D eigenvalue weighted by Gasteiger charge is -2.15. The largest absolute Gasteiger partial charge is 0.483 e. The van der Waals surface area contributed by atoms with E-state index in [-0.39, 0.29) is 12.5 Å². The molecule has 0 heterocycles. The van der Waals surface area contributed by atoms with E-state index in [0.717, 1.165) is 22.4 Å². The summed E-state index contributed by atoms with van der Waals surface area (Å²) in [7, 11) is 0. The average molecular weight is 332 g/mol. The second-order valence-electron chi connectivity index (χ2n) is 5.89. The molecular formula is C19H22ClNO2. The van der Waals surface area contributed by atoms with Gasteiger partial charge in [0.1, 0.15) is 5.75 Å². The molecule has 1 N–H and O–H groups in total. The maximum Gasteiger partial charge on any atom is 0.258 e. The number of nitrogens with one attached hydrogen (secondary N) is 1. The van der Waals surface area contributed by atoms with Crippen molar-refractivity contribution in [1.29, 1.82) is 0 Å². The highest BCUT2D eigenvalue weighted by Crippen LogP contribution is 2.27. The molecule has 2 rings (SSSR count). The number of aryl methyl sites for hydroxylation is 1. The van der Waals surface area contributed by atoms with Crippen LogP contribution in [0, 0.1) is 6.92 Å². The molecule has 0 saturated carbocycles. The van der Waals surface area contributed by atoms with Gasteiger partial charge in [-0.1, -0.05) is 49.7 Å². The van der Waals surface area contributed by atoms with Gasteiger partial charge < -0.3 is 10.1 Å². The molecule has 0 aliphatic rings. The summed E-state index contributed by atoms with van der Waals surface area (Å²) < 4.78 is 5.72. The third-order valence-electron chi connectivity index (χ3n) is 3.53. The van der Waals surface area contributed by atoms with Crippen molar-refractivity contribution >= 4 is 17.5 Å². The molecule has 0 aliphatic carbocycles. The second kappa shape index (κ2) is 8.02. The summed E-state index contributed by atoms with van der Waals surface area (Å²) in [5.74, 6) is 0.971. The van der Waals surface area contributed by atoms with Crippen LogP contribution in [0.2, 0.25) is 5.02 Å². The lowest BCUT2D eigenvalue weighted by molar-refractivity contribution is -0.123. The molecule has 0 saturated heterocycles. The Morgan fingerprint density at radius 3 is 2.70 bits per heavy atom. The molecule has 23 heavy (non-hydrogen) atoms. The predicted molar refractivity (Wildman–Crippen MR) is 94.1 cm³/mol. The van der Waals surface area contributed by atoms with Gasteiger partial charge in [-0.05, 0) is 47.7 Å². The topological polar surface area (TPSA) is 38.3 Å². The van der Waals surface area contributed by atoms with E-state index in [1.54, 1.807) is 6.07 Å². The lowest BCUT2D eigenvalue weighted by Crippen LogP contribution is -2.28. The van der Waals surface area contributed by atoms with Crippen LogP contribution >= 0.6 is 11.6 Å². The Morgan fingerprint density at radius 1 is 1.22 bits per heavy atom. The summed E-state index contributed by atoms with van der Waals surface area (Å²) in [6.07, 6.45) is 0. The van der Waals surface area contributed by atoms with Crippen molar-refractivity contribution < 1.29 is 9.53 Å². The van der Waals surface area contributed by atoms with Crippen molar-refractivity contribution in [2.75, 3.05) is 6.61 Å². The van der Waals surface area contributed by atoms with E-state index in [2.05, 4.69) is 31.3 Å². The van der Waals surface area contributed by atoms with Crippen LogP contribution in [0.25, 0.3) is 0 Å². The number of ether oxygens (including phenoxy) is 1. The molecule has 0 radical (unpaired) electrons. The zero-order valence-electron chi connectivity index (χ0n) is 13.7. The molecule has 2 aromatic carbocycles. The standard InChI is InChI=1S/C19H22ClNO2/c1-13(2)17-8-7-14(3)9-18(17)23-12-19(22)21-11-15-5-4-6-16(20)10-15/h4-10,13H,11-12H2,1-3H3,(H,21,22). The minimum absolute atomic E-state index is 0.00371. The fraction of sp³-hybridized carbons (Fsp3) is 0.316. The predicted octanol–water partition coefficient (Wildman–Crippen LogP) is 4.47. The van der Waals surface area contributed by atoms with Crippen LogP contribution in [0.3, 0.4) is 0 Å². The third-order valence-corrected chi connectivity index (χ3v) is 3.76. The third kappa shape index (κ3) is 5.29. The van der Waals surface area contributed by atoms with Gasteiger partial charge in [-0.2, -0.15) is 0 Å². The molecular weight excluding hydrogens is 310 g/mol. The van der Waals surface area contributed by atoms with E-state index in [1.807, 2.05) is 31.2 Å². The van der Waals surface area contributed by atoms with E-state index in [4.69, 9.17) is 16.3 Å². The Balaban J connectivity index is 1.90. The molecule has 0 aromatic heterocycles. The fourth-order valence-corrected chi connectivity index (χ4v) is 2.50. The van der Waals surface area contributed by atoms with Gasteiger partial charge in [0.15, 0.2) is 6.61 Å². The SMILES string of the molecule is Cc1ccc(C(C)C)c(OCC(=O)NCc2cccc(Cl)c2)c1. The van der Waals surface area contributed by atoms with Gasteiger partial charge in [0.25, 0.3) is 5.91 Å². The summed E-state index contributed by atoms with van der Waals surface area (Å²) in [5.41, 5.74) is 3.19. The van der Waals surface area contributed by atoms with Crippen molar-refractivity contribution in [3.8, 4) is 5.75 Å². The number of carbonyl (C=O) groups is 1. The molecule has 0 atom stereocenters. The van der Waals surface area contributed by atoms with Crippen molar-refractivity contribution in [3.63, 3.8) is 0 Å². The molecule has 1 amide bonds. The van der Waals surface area contributed by atoms with E-state index in [9.17, 15) is 4.79 Å². The second-order valence-corrected chi connectivity index (χ2v) is 6.33. The first-order valence-electron chi connectivity index (χ1n) is 7.70. The first-order valence-corrected chi connectivity index (χ1v) is 8.08. The summed E-state index contributed by atoms with van der Waals surface area (Å²) in [4.78, 5) is 12.0. The van der Waals surface area contributed by atoms with Crippen LogP contribution in [0.15, 0.2) is 42.5 Å². The van der Waals surface area contributed by atoms with Crippen LogP contribution in [0.4, 0.5) is 0 Å². The highest BCUT2D eigenvalue weighted by Gasteiger charge is 2.10. The van der Waals surface area contributed by atoms with E-state index >= 15 is 0 Å². The zero-order chi connectivity index (χ0) is 16.8. The molecule has 3 nitrogen and oxygen atoms in total. The Bertz CT molecular complexity index is 683. The molecule has 0 unspecified atom stereocenters. The summed E-state index contributed by atoms with van der Waals surface area (Å²) >= 11 is 5.93. The highest BCUT2D eigenvalue weighted by molar-refractivity contribution is 6.30. The van der Waals surface area contributed by atoms with Gasteiger partial charge in [0.05, 0.1) is 0 Å². The molecule has 0 aliphatic heterocycles. The normalized spacial score (nSPS) is 10.7. The quantitative estimate of drug-likeness (QED) is 0.848. The maximum absolute atomic E-state index is 12.0. The highest BCUT2D eigenvalue weighted by atomic mass is 35.5. The molecule has 0 spiro atoms. The van der Waals surface area contributed by atoms with Gasteiger partial charge in [0, 0.05) is 11.6 Å². The molecule has 122 valence electrons. The number of rotatable bonds is 6. The van der Waals surface area contributed by atoms with Crippen LogP contribution in [-0.4, -0.2) is 12.5 Å². The first kappa shape index (κ1) is 17.4. The van der Waals surface area contributed by atoms with Crippen LogP contribution in [0.1, 0.15) is 36.5 Å². The van der Waals surface area contributed by atoms with Gasteiger partial charge in [-0.15, -0.1) is 0 Å². The number of benzene rings is 2. The summed E-state index contributed by atoms with van der Waals surface area (Å²) in [6.45, 7) is 6.67. The smallest absolute Gasteiger partial charge is 0.258 e. The van der Waals surface area contributed by atoms with Crippen LogP contribution < -0.4 is 10.1 Å².